The fourth-order valence-corrected chi connectivity index (χ4v) is 3.31. The molecule has 1 saturated heterocycles. The third-order valence-electron chi connectivity index (χ3n) is 4.81. The molecule has 1 amide bonds. The van der Waals surface area contributed by atoms with E-state index in [1.54, 1.807) is 0 Å². The van der Waals surface area contributed by atoms with Crippen molar-refractivity contribution >= 4 is 17.5 Å². The van der Waals surface area contributed by atoms with Crippen molar-refractivity contribution in [2.24, 2.45) is 0 Å². The van der Waals surface area contributed by atoms with Gasteiger partial charge in [0.2, 0.25) is 11.8 Å². The van der Waals surface area contributed by atoms with E-state index in [2.05, 4.69) is 15.0 Å². The molecule has 2 heterocycles. The Morgan fingerprint density at radius 2 is 1.96 bits per heavy atom. The highest BCUT2D eigenvalue weighted by Gasteiger charge is 2.29. The Labute approximate surface area is 151 Å². The van der Waals surface area contributed by atoms with E-state index < -0.39 is 0 Å². The minimum absolute atomic E-state index is 0.126. The molecule has 6 nitrogen and oxygen atoms in total. The van der Waals surface area contributed by atoms with Gasteiger partial charge in [0.1, 0.15) is 0 Å². The molecule has 0 N–H and O–H groups in total. The molecule has 1 aliphatic carbocycles. The van der Waals surface area contributed by atoms with Crippen LogP contribution in [0.4, 0.5) is 0 Å². The molecule has 0 bridgehead atoms. The zero-order valence-electron chi connectivity index (χ0n) is 14.0. The fourth-order valence-electron chi connectivity index (χ4n) is 3.10. The van der Waals surface area contributed by atoms with Crippen molar-refractivity contribution in [1.29, 1.82) is 0 Å². The number of carbonyl (C=O) groups excluding carboxylic acids is 1. The summed E-state index contributed by atoms with van der Waals surface area (Å²) >= 11 is 6.15. The van der Waals surface area contributed by atoms with Crippen molar-refractivity contribution in [2.45, 2.75) is 31.7 Å². The molecule has 7 heteroatoms. The molecule has 2 aliphatic rings. The molecule has 0 atom stereocenters. The van der Waals surface area contributed by atoms with Gasteiger partial charge in [0, 0.05) is 37.1 Å². The van der Waals surface area contributed by atoms with E-state index in [9.17, 15) is 4.79 Å². The third-order valence-corrected chi connectivity index (χ3v) is 5.18. The number of carbonyl (C=O) groups is 1. The molecule has 0 radical (unpaired) electrons. The van der Waals surface area contributed by atoms with Gasteiger partial charge < -0.3 is 9.42 Å². The molecule has 1 saturated carbocycles. The van der Waals surface area contributed by atoms with Gasteiger partial charge >= 0.3 is 0 Å². The summed E-state index contributed by atoms with van der Waals surface area (Å²) < 4.78 is 5.34. The van der Waals surface area contributed by atoms with Gasteiger partial charge in [-0.15, -0.1) is 0 Å². The summed E-state index contributed by atoms with van der Waals surface area (Å²) in [5, 5.41) is 4.70. The maximum Gasteiger partial charge on any atom is 0.240 e. The number of hydrogen-bond acceptors (Lipinski definition) is 5. The van der Waals surface area contributed by atoms with Crippen LogP contribution in [-0.4, -0.2) is 52.0 Å². The number of rotatable bonds is 5. The largest absolute Gasteiger partial charge is 0.340 e. The fraction of sp³-hybridized carbons (Fsp3) is 0.500. The van der Waals surface area contributed by atoms with Gasteiger partial charge in [-0.05, 0) is 24.5 Å². The van der Waals surface area contributed by atoms with Gasteiger partial charge in [0.25, 0.3) is 0 Å². The second-order valence-corrected chi connectivity index (χ2v) is 7.15. The normalized spacial score (nSPS) is 18.5. The van der Waals surface area contributed by atoms with Gasteiger partial charge in [-0.1, -0.05) is 35.0 Å². The lowest BCUT2D eigenvalue weighted by Crippen LogP contribution is -2.48. The molecular weight excluding hydrogens is 340 g/mol. The standard InChI is InChI=1S/C18H21ClN4O2/c19-15-4-2-1-3-14(15)11-17(24)23-9-7-22(8-10-23)12-16-20-18(21-25-16)13-5-6-13/h1-4,13H,5-12H2. The number of halogens is 1. The Hall–Kier alpha value is -1.92. The molecule has 25 heavy (non-hydrogen) atoms. The molecule has 132 valence electrons. The van der Waals surface area contributed by atoms with Crippen molar-refractivity contribution in [3.05, 3.63) is 46.6 Å². The topological polar surface area (TPSA) is 62.5 Å². The average Bonchev–Trinajstić information content (AvgIpc) is 3.37. The summed E-state index contributed by atoms with van der Waals surface area (Å²) in [5.74, 6) is 2.17. The van der Waals surface area contributed by atoms with E-state index in [0.29, 0.717) is 42.9 Å². The van der Waals surface area contributed by atoms with Crippen molar-refractivity contribution in [1.82, 2.24) is 19.9 Å². The molecule has 2 fully saturated rings. The summed E-state index contributed by atoms with van der Waals surface area (Å²) in [6, 6.07) is 7.51. The summed E-state index contributed by atoms with van der Waals surface area (Å²) in [6.45, 7) is 3.72. The second-order valence-electron chi connectivity index (χ2n) is 6.75. The quantitative estimate of drug-likeness (QED) is 0.819. The highest BCUT2D eigenvalue weighted by atomic mass is 35.5. The summed E-state index contributed by atoms with van der Waals surface area (Å²) in [5.41, 5.74) is 0.884. The lowest BCUT2D eigenvalue weighted by molar-refractivity contribution is -0.132. The summed E-state index contributed by atoms with van der Waals surface area (Å²) in [6.07, 6.45) is 2.70. The van der Waals surface area contributed by atoms with E-state index in [-0.39, 0.29) is 5.91 Å². The third kappa shape index (κ3) is 4.02. The Kier molecular flexibility index (Phi) is 4.72. The van der Waals surface area contributed by atoms with Gasteiger partial charge in [0.05, 0.1) is 13.0 Å². The summed E-state index contributed by atoms with van der Waals surface area (Å²) in [4.78, 5) is 21.1. The molecule has 1 aromatic heterocycles. The molecule has 2 aromatic rings. The van der Waals surface area contributed by atoms with Crippen molar-refractivity contribution in [3.8, 4) is 0 Å². The van der Waals surface area contributed by atoms with E-state index in [0.717, 1.165) is 24.5 Å². The first-order chi connectivity index (χ1) is 12.2. The van der Waals surface area contributed by atoms with Crippen molar-refractivity contribution < 1.29 is 9.32 Å². The highest BCUT2D eigenvalue weighted by Crippen LogP contribution is 2.38. The Bertz CT molecular complexity index is 751. The summed E-state index contributed by atoms with van der Waals surface area (Å²) in [7, 11) is 0. The van der Waals surface area contributed by atoms with Crippen LogP contribution in [0.2, 0.25) is 5.02 Å². The highest BCUT2D eigenvalue weighted by molar-refractivity contribution is 6.31. The number of benzene rings is 1. The molecule has 0 unspecified atom stereocenters. The van der Waals surface area contributed by atoms with E-state index >= 15 is 0 Å². The predicted octanol–water partition coefficient (Wildman–Crippen LogP) is 2.49. The lowest BCUT2D eigenvalue weighted by atomic mass is 10.1. The average molecular weight is 361 g/mol. The smallest absolute Gasteiger partial charge is 0.240 e. The van der Waals surface area contributed by atoms with E-state index in [4.69, 9.17) is 16.1 Å². The number of piperazine rings is 1. The van der Waals surface area contributed by atoms with Crippen LogP contribution in [0.15, 0.2) is 28.8 Å². The molecule has 0 spiro atoms. The number of amides is 1. The second kappa shape index (κ2) is 7.14. The Morgan fingerprint density at radius 3 is 2.68 bits per heavy atom. The number of hydrogen-bond donors (Lipinski definition) is 0. The van der Waals surface area contributed by atoms with Crippen LogP contribution in [0.5, 0.6) is 0 Å². The maximum atomic E-state index is 12.5. The van der Waals surface area contributed by atoms with Crippen LogP contribution in [0.25, 0.3) is 0 Å². The minimum atomic E-state index is 0.126. The Morgan fingerprint density at radius 1 is 1.20 bits per heavy atom. The van der Waals surface area contributed by atoms with Crippen LogP contribution in [0, 0.1) is 0 Å². The first kappa shape index (κ1) is 16.5. The van der Waals surface area contributed by atoms with Gasteiger partial charge in [-0.25, -0.2) is 0 Å². The minimum Gasteiger partial charge on any atom is -0.340 e. The number of aromatic nitrogens is 2. The van der Waals surface area contributed by atoms with Crippen LogP contribution >= 0.6 is 11.6 Å². The lowest BCUT2D eigenvalue weighted by Gasteiger charge is -2.34. The molecule has 1 aliphatic heterocycles. The zero-order valence-corrected chi connectivity index (χ0v) is 14.8. The van der Waals surface area contributed by atoms with Crippen LogP contribution in [0.3, 0.4) is 0 Å². The first-order valence-corrected chi connectivity index (χ1v) is 9.13. The van der Waals surface area contributed by atoms with Crippen LogP contribution < -0.4 is 0 Å². The van der Waals surface area contributed by atoms with Crippen molar-refractivity contribution in [2.75, 3.05) is 26.2 Å². The van der Waals surface area contributed by atoms with Gasteiger partial charge in [-0.3, -0.25) is 9.69 Å². The molecule has 1 aromatic carbocycles. The van der Waals surface area contributed by atoms with Gasteiger partial charge in [-0.2, -0.15) is 4.98 Å². The molecule has 4 rings (SSSR count). The Balaban J connectivity index is 1.27. The van der Waals surface area contributed by atoms with Gasteiger partial charge in [0.15, 0.2) is 5.82 Å². The van der Waals surface area contributed by atoms with Crippen LogP contribution in [-0.2, 0) is 17.8 Å². The molecular formula is C18H21ClN4O2. The monoisotopic (exact) mass is 360 g/mol. The van der Waals surface area contributed by atoms with E-state index in [1.807, 2.05) is 29.2 Å². The first-order valence-electron chi connectivity index (χ1n) is 8.75. The zero-order chi connectivity index (χ0) is 17.2. The SMILES string of the molecule is O=C(Cc1ccccc1Cl)N1CCN(Cc2nc(C3CC3)no2)CC1. The predicted molar refractivity (Wildman–Crippen MR) is 93.3 cm³/mol. The number of nitrogens with zero attached hydrogens (tertiary/aromatic N) is 4. The maximum absolute atomic E-state index is 12.5. The van der Waals surface area contributed by atoms with E-state index in [1.165, 1.54) is 12.8 Å². The van der Waals surface area contributed by atoms with Crippen LogP contribution in [0.1, 0.15) is 36.0 Å². The van der Waals surface area contributed by atoms with Crippen molar-refractivity contribution in [3.63, 3.8) is 0 Å².